The zero-order chi connectivity index (χ0) is 15.1. The fourth-order valence-corrected chi connectivity index (χ4v) is 0.662. The van der Waals surface area contributed by atoms with Gasteiger partial charge in [-0.15, -0.1) is 0 Å². The second-order valence-electron chi connectivity index (χ2n) is 2.90. The van der Waals surface area contributed by atoms with Crippen molar-refractivity contribution >= 4 is 40.3 Å². The Morgan fingerprint density at radius 3 is 1.55 bits per heavy atom. The van der Waals surface area contributed by atoms with E-state index in [0.717, 1.165) is 0 Å². The number of carbonyl (C=O) groups excluding carboxylic acids is 1. The molecular weight excluding hydrogens is 422 g/mol. The first-order chi connectivity index (χ1) is 7.91. The van der Waals surface area contributed by atoms with Gasteiger partial charge in [-0.1, -0.05) is 0 Å². The van der Waals surface area contributed by atoms with Crippen molar-refractivity contribution < 1.29 is 82.5 Å². The summed E-state index contributed by atoms with van der Waals surface area (Å²) in [7, 11) is -5.17. The predicted octanol–water partition coefficient (Wildman–Crippen LogP) is -10.1. The molecule has 0 bridgehead atoms. The molecule has 0 saturated heterocycles. The Morgan fingerprint density at radius 1 is 1.05 bits per heavy atom. The number of rotatable bonds is 5. The number of carboxylic acid groups (broad SMARTS) is 1. The predicted molar refractivity (Wildman–Crippen MR) is 55.1 cm³/mol. The van der Waals surface area contributed by atoms with Crippen LogP contribution in [-0.4, -0.2) is 104 Å². The van der Waals surface area contributed by atoms with E-state index >= 15 is 0 Å². The van der Waals surface area contributed by atoms with Gasteiger partial charge < -0.3 is 44.5 Å². The molecule has 0 saturated carbocycles. The molecule has 0 aliphatic heterocycles. The zero-order valence-electron chi connectivity index (χ0n) is 10.3. The molecule has 20 heavy (non-hydrogen) atoms. The van der Waals surface area contributed by atoms with E-state index in [9.17, 15) is 9.90 Å². The molecule has 0 aromatic heterocycles. The van der Waals surface area contributed by atoms with E-state index in [2.05, 4.69) is 0 Å². The van der Waals surface area contributed by atoms with Crippen molar-refractivity contribution in [1.82, 2.24) is 0 Å². The molecule has 0 aliphatic rings. The average Bonchev–Trinajstić information content (AvgIpc) is 2.22. The molecule has 11 nitrogen and oxygen atoms in total. The summed E-state index contributed by atoms with van der Waals surface area (Å²) >= 11 is 0. The third kappa shape index (κ3) is 17.0. The molecule has 0 radical (unpaired) electrons. The van der Waals surface area contributed by atoms with Crippen LogP contribution in [0.15, 0.2) is 0 Å². The standard InChI is InChI=1S/C6H12O7.Na.H2O4S.Sn.2H/c7-1-2(8)3(9)4(10)5(11)6(12)13;;1-5(2,3)4;;;/h2-5,7-11H,1H2,(H,12,13);;(H2,1,2,3,4);;;/q;+1;;+2;;/p-3/t2-,3-,4+,5-;;;;;/m1...../s1. The summed E-state index contributed by atoms with van der Waals surface area (Å²) in [5.41, 5.74) is 0. The minimum atomic E-state index is -5.17. The summed E-state index contributed by atoms with van der Waals surface area (Å²) in [6.07, 6.45) is -8.08. The maximum atomic E-state index is 9.98. The molecule has 0 aromatic rings. The van der Waals surface area contributed by atoms with Crippen molar-refractivity contribution in [2.45, 2.75) is 24.4 Å². The molecule has 0 aliphatic carbocycles. The monoisotopic (exact) mass is 436 g/mol. The number of aliphatic hydroxyl groups excluding tert-OH is 5. The van der Waals surface area contributed by atoms with E-state index in [1.54, 1.807) is 0 Å². The van der Waals surface area contributed by atoms with Gasteiger partial charge in [0.2, 0.25) is 0 Å². The van der Waals surface area contributed by atoms with Crippen molar-refractivity contribution in [2.24, 2.45) is 0 Å². The van der Waals surface area contributed by atoms with E-state index in [0.29, 0.717) is 0 Å². The molecule has 0 unspecified atom stereocenters. The molecular formula is C6H13NaO11SSn. The summed E-state index contributed by atoms with van der Waals surface area (Å²) in [5, 5.41) is 53.4. The zero-order valence-corrected chi connectivity index (χ0v) is 17.2. The van der Waals surface area contributed by atoms with E-state index in [4.69, 9.17) is 43.1 Å². The van der Waals surface area contributed by atoms with E-state index < -0.39 is 47.4 Å². The van der Waals surface area contributed by atoms with Gasteiger partial charge in [-0.25, -0.2) is 0 Å². The molecule has 5 N–H and O–H groups in total. The Balaban J connectivity index is -0.000000158. The van der Waals surface area contributed by atoms with Crippen LogP contribution in [0.1, 0.15) is 0 Å². The van der Waals surface area contributed by atoms with Crippen LogP contribution in [-0.2, 0) is 15.2 Å². The fourth-order valence-electron chi connectivity index (χ4n) is 0.662. The summed E-state index contributed by atoms with van der Waals surface area (Å²) in [6, 6.07) is 0. The van der Waals surface area contributed by atoms with Crippen LogP contribution in [0, 0.1) is 0 Å². The molecule has 0 fully saturated rings. The minimum absolute atomic E-state index is 0. The Morgan fingerprint density at radius 2 is 1.35 bits per heavy atom. The van der Waals surface area contributed by atoms with Gasteiger partial charge in [0.25, 0.3) is 0 Å². The first kappa shape index (κ1) is 29.0. The molecule has 114 valence electrons. The van der Waals surface area contributed by atoms with Crippen LogP contribution in [0.5, 0.6) is 0 Å². The van der Waals surface area contributed by atoms with E-state index in [1.807, 2.05) is 0 Å². The number of aliphatic hydroxyl groups is 5. The molecule has 0 amide bonds. The summed E-state index contributed by atoms with van der Waals surface area (Å²) in [6.45, 7) is -0.863. The van der Waals surface area contributed by atoms with Gasteiger partial charge in [0.15, 0.2) is 0 Å². The third-order valence-electron chi connectivity index (χ3n) is 1.50. The summed E-state index contributed by atoms with van der Waals surface area (Å²) in [4.78, 5) is 9.98. The molecule has 14 heteroatoms. The Labute approximate surface area is 153 Å². The van der Waals surface area contributed by atoms with E-state index in [-0.39, 0.29) is 53.5 Å². The average molecular weight is 435 g/mol. The maximum absolute atomic E-state index is 9.98. The molecule has 0 spiro atoms. The molecule has 0 heterocycles. The van der Waals surface area contributed by atoms with Gasteiger partial charge >= 0.3 is 53.5 Å². The van der Waals surface area contributed by atoms with Crippen LogP contribution in [0.2, 0.25) is 0 Å². The first-order valence-electron chi connectivity index (χ1n) is 4.12. The van der Waals surface area contributed by atoms with Gasteiger partial charge in [-0.2, -0.15) is 0 Å². The van der Waals surface area contributed by atoms with Crippen molar-refractivity contribution in [3.63, 3.8) is 0 Å². The van der Waals surface area contributed by atoms with Crippen molar-refractivity contribution in [3.8, 4) is 0 Å². The topological polar surface area (TPSA) is 222 Å². The normalized spacial score (nSPS) is 16.1. The molecule has 0 aromatic carbocycles. The van der Waals surface area contributed by atoms with Crippen molar-refractivity contribution in [2.75, 3.05) is 6.61 Å². The fraction of sp³-hybridized carbons (Fsp3) is 0.833. The summed E-state index contributed by atoms with van der Waals surface area (Å²) in [5.74, 6) is -1.98. The van der Waals surface area contributed by atoms with Crippen LogP contribution in [0.4, 0.5) is 0 Å². The van der Waals surface area contributed by atoms with Crippen LogP contribution in [0.25, 0.3) is 0 Å². The molecule has 0 rings (SSSR count). The van der Waals surface area contributed by atoms with Gasteiger partial charge in [0, 0.05) is 10.4 Å². The number of carboxylic acids is 1. The summed E-state index contributed by atoms with van der Waals surface area (Å²) < 4.78 is 34.1. The third-order valence-corrected chi connectivity index (χ3v) is 1.50. The van der Waals surface area contributed by atoms with Crippen molar-refractivity contribution in [1.29, 1.82) is 0 Å². The second kappa shape index (κ2) is 13.6. The number of hydrogen-bond acceptors (Lipinski definition) is 11. The Bertz CT molecular complexity index is 341. The Hall–Kier alpha value is 0.939. The quantitative estimate of drug-likeness (QED) is 0.155. The van der Waals surface area contributed by atoms with E-state index in [1.165, 1.54) is 0 Å². The van der Waals surface area contributed by atoms with Gasteiger partial charge in [0.1, 0.15) is 24.4 Å². The van der Waals surface area contributed by atoms with Crippen LogP contribution >= 0.6 is 0 Å². The van der Waals surface area contributed by atoms with Gasteiger partial charge in [0.05, 0.1) is 12.6 Å². The SMILES string of the molecule is O=C([O-])[C@H](O)[C@@H](O)[C@H](O)[C@H](O)CO.O=S(=O)([O-])[O-].[Na+].[SnH2+2]. The van der Waals surface area contributed by atoms with Gasteiger partial charge in [-0.3, -0.25) is 8.42 Å². The van der Waals surface area contributed by atoms with Crippen molar-refractivity contribution in [3.05, 3.63) is 0 Å². The molecule has 4 atom stereocenters. The first-order valence-corrected chi connectivity index (χ1v) is 5.45. The van der Waals surface area contributed by atoms with Crippen LogP contribution in [0.3, 0.4) is 0 Å². The second-order valence-corrected chi connectivity index (χ2v) is 3.72. The number of hydrogen-bond donors (Lipinski definition) is 5. The van der Waals surface area contributed by atoms with Gasteiger partial charge in [-0.05, 0) is 0 Å². The Kier molecular flexibility index (Phi) is 19.7. The number of aliphatic carboxylic acids is 1. The number of carbonyl (C=O) groups is 1. The van der Waals surface area contributed by atoms with Crippen LogP contribution < -0.4 is 34.7 Å².